The van der Waals surface area contributed by atoms with Crippen LogP contribution in [0.4, 0.5) is 0 Å². The van der Waals surface area contributed by atoms with E-state index in [1.54, 1.807) is 16.7 Å². The molecule has 1 N–H and O–H groups in total. The van der Waals surface area contributed by atoms with Crippen molar-refractivity contribution in [2.45, 2.75) is 19.4 Å². The molecule has 0 spiro atoms. The molecule has 0 saturated carbocycles. The Morgan fingerprint density at radius 3 is 2.94 bits per heavy atom. The number of rotatable bonds is 3. The van der Waals surface area contributed by atoms with Gasteiger partial charge in [0.05, 0.1) is 17.3 Å². The van der Waals surface area contributed by atoms with Gasteiger partial charge in [0, 0.05) is 18.1 Å². The summed E-state index contributed by atoms with van der Waals surface area (Å²) in [6.45, 7) is 2.55. The Bertz CT molecular complexity index is 458. The van der Waals surface area contributed by atoms with E-state index >= 15 is 0 Å². The minimum atomic E-state index is -0.844. The zero-order valence-electron chi connectivity index (χ0n) is 10.1. The van der Waals surface area contributed by atoms with E-state index in [4.69, 9.17) is 5.11 Å². The maximum Gasteiger partial charge on any atom is 0.305 e. The van der Waals surface area contributed by atoms with Crippen LogP contribution in [0.2, 0.25) is 0 Å². The van der Waals surface area contributed by atoms with Crippen LogP contribution in [0.3, 0.4) is 0 Å². The lowest BCUT2D eigenvalue weighted by Gasteiger charge is -2.34. The molecule has 1 unspecified atom stereocenters. The molecule has 1 aromatic heterocycles. The summed E-state index contributed by atoms with van der Waals surface area (Å²) in [7, 11) is 0. The first-order valence-corrected chi connectivity index (χ1v) is 7.77. The maximum atomic E-state index is 12.4. The molecule has 2 heterocycles. The molecule has 1 saturated heterocycles. The first-order valence-electron chi connectivity index (χ1n) is 5.74. The van der Waals surface area contributed by atoms with Crippen molar-refractivity contribution < 1.29 is 14.7 Å². The molecule has 18 heavy (non-hydrogen) atoms. The first kappa shape index (κ1) is 13.4. The molecule has 98 valence electrons. The summed E-state index contributed by atoms with van der Waals surface area (Å²) in [6.07, 6.45) is 0.0309. The highest BCUT2D eigenvalue weighted by Crippen LogP contribution is 2.24. The number of aliphatic carboxylic acids is 1. The lowest BCUT2D eigenvalue weighted by molar-refractivity contribution is -0.138. The Kier molecular flexibility index (Phi) is 4.29. The zero-order valence-corrected chi connectivity index (χ0v) is 11.7. The standard InChI is InChI=1S/C12H15NO3S2/c1-8-2-4-18-11(8)12(16)13-3-5-17-7-9(13)6-10(14)15/h2,4,9H,3,5-7H2,1H3,(H,14,15). The van der Waals surface area contributed by atoms with Crippen molar-refractivity contribution >= 4 is 35.0 Å². The van der Waals surface area contributed by atoms with Crippen LogP contribution >= 0.6 is 23.1 Å². The van der Waals surface area contributed by atoms with E-state index in [1.807, 2.05) is 18.4 Å². The van der Waals surface area contributed by atoms with E-state index in [2.05, 4.69) is 0 Å². The highest BCUT2D eigenvalue weighted by molar-refractivity contribution is 7.99. The normalized spacial score (nSPS) is 19.8. The summed E-state index contributed by atoms with van der Waals surface area (Å²) in [6, 6.07) is 1.73. The largest absolute Gasteiger partial charge is 0.481 e. The Labute approximate surface area is 114 Å². The minimum Gasteiger partial charge on any atom is -0.481 e. The van der Waals surface area contributed by atoms with Gasteiger partial charge in [-0.05, 0) is 23.9 Å². The highest BCUT2D eigenvalue weighted by Gasteiger charge is 2.30. The van der Waals surface area contributed by atoms with Crippen molar-refractivity contribution in [3.05, 3.63) is 21.9 Å². The fraction of sp³-hybridized carbons (Fsp3) is 0.500. The molecule has 1 aliphatic rings. The SMILES string of the molecule is Cc1ccsc1C(=O)N1CCSCC1CC(=O)O. The van der Waals surface area contributed by atoms with Crippen LogP contribution in [-0.2, 0) is 4.79 Å². The zero-order chi connectivity index (χ0) is 13.1. The van der Waals surface area contributed by atoms with Crippen molar-refractivity contribution in [3.63, 3.8) is 0 Å². The fourth-order valence-electron chi connectivity index (χ4n) is 2.02. The highest BCUT2D eigenvalue weighted by atomic mass is 32.2. The molecular weight excluding hydrogens is 270 g/mol. The first-order chi connectivity index (χ1) is 8.59. The number of carboxylic acids is 1. The number of amides is 1. The number of aryl methyl sites for hydroxylation is 1. The maximum absolute atomic E-state index is 12.4. The number of hydrogen-bond acceptors (Lipinski definition) is 4. The van der Waals surface area contributed by atoms with Crippen molar-refractivity contribution in [3.8, 4) is 0 Å². The Morgan fingerprint density at radius 2 is 2.33 bits per heavy atom. The van der Waals surface area contributed by atoms with Gasteiger partial charge < -0.3 is 10.0 Å². The third kappa shape index (κ3) is 2.87. The summed E-state index contributed by atoms with van der Waals surface area (Å²) in [5.74, 6) is 0.728. The molecule has 1 fully saturated rings. The summed E-state index contributed by atoms with van der Waals surface area (Å²) in [4.78, 5) is 25.7. The number of thioether (sulfide) groups is 1. The molecule has 1 aromatic rings. The monoisotopic (exact) mass is 285 g/mol. The predicted octanol–water partition coefficient (Wildman–Crippen LogP) is 2.09. The molecular formula is C12H15NO3S2. The lowest BCUT2D eigenvalue weighted by atomic mass is 10.1. The van der Waals surface area contributed by atoms with Crippen LogP contribution in [0.25, 0.3) is 0 Å². The van der Waals surface area contributed by atoms with Crippen LogP contribution in [0.5, 0.6) is 0 Å². The molecule has 1 amide bonds. The van der Waals surface area contributed by atoms with E-state index in [1.165, 1.54) is 11.3 Å². The topological polar surface area (TPSA) is 57.6 Å². The Balaban J connectivity index is 2.16. The number of carboxylic acid groups (broad SMARTS) is 1. The molecule has 0 radical (unpaired) electrons. The molecule has 0 aliphatic carbocycles. The van der Waals surface area contributed by atoms with Crippen molar-refractivity contribution in [1.82, 2.24) is 4.90 Å². The summed E-state index contributed by atoms with van der Waals surface area (Å²) in [5.41, 5.74) is 0.970. The van der Waals surface area contributed by atoms with E-state index in [9.17, 15) is 9.59 Å². The summed E-state index contributed by atoms with van der Waals surface area (Å²) in [5, 5.41) is 10.8. The van der Waals surface area contributed by atoms with Gasteiger partial charge in [0.2, 0.25) is 0 Å². The number of nitrogens with zero attached hydrogens (tertiary/aromatic N) is 1. The molecule has 6 heteroatoms. The van der Waals surface area contributed by atoms with E-state index in [0.717, 1.165) is 16.2 Å². The van der Waals surface area contributed by atoms with Gasteiger partial charge in [-0.1, -0.05) is 0 Å². The number of carbonyl (C=O) groups excluding carboxylic acids is 1. The molecule has 0 aromatic carbocycles. The van der Waals surface area contributed by atoms with Crippen LogP contribution in [0, 0.1) is 6.92 Å². The predicted molar refractivity (Wildman–Crippen MR) is 73.5 cm³/mol. The molecule has 0 bridgehead atoms. The van der Waals surface area contributed by atoms with Crippen LogP contribution in [0.1, 0.15) is 21.7 Å². The van der Waals surface area contributed by atoms with Crippen LogP contribution in [0.15, 0.2) is 11.4 Å². The fourth-order valence-corrected chi connectivity index (χ4v) is 3.96. The third-order valence-electron chi connectivity index (χ3n) is 2.95. The van der Waals surface area contributed by atoms with Crippen molar-refractivity contribution in [2.75, 3.05) is 18.1 Å². The quantitative estimate of drug-likeness (QED) is 0.924. The molecule has 1 aliphatic heterocycles. The molecule has 4 nitrogen and oxygen atoms in total. The van der Waals surface area contributed by atoms with Gasteiger partial charge in [0.15, 0.2) is 0 Å². The van der Waals surface area contributed by atoms with Gasteiger partial charge in [0.1, 0.15) is 0 Å². The van der Waals surface area contributed by atoms with Gasteiger partial charge in [-0.2, -0.15) is 11.8 Å². The second kappa shape index (κ2) is 5.75. The lowest BCUT2D eigenvalue weighted by Crippen LogP contribution is -2.47. The number of hydrogen-bond donors (Lipinski definition) is 1. The van der Waals surface area contributed by atoms with E-state index in [0.29, 0.717) is 12.3 Å². The number of thiophene rings is 1. The third-order valence-corrected chi connectivity index (χ3v) is 5.05. The van der Waals surface area contributed by atoms with Gasteiger partial charge >= 0.3 is 5.97 Å². The van der Waals surface area contributed by atoms with Gasteiger partial charge in [-0.15, -0.1) is 11.3 Å². The average molecular weight is 285 g/mol. The van der Waals surface area contributed by atoms with Gasteiger partial charge in [0.25, 0.3) is 5.91 Å². The average Bonchev–Trinajstić information content (AvgIpc) is 2.74. The molecule has 1 atom stereocenters. The van der Waals surface area contributed by atoms with Crippen LogP contribution < -0.4 is 0 Å². The Morgan fingerprint density at radius 1 is 1.56 bits per heavy atom. The second-order valence-corrected chi connectivity index (χ2v) is 6.32. The minimum absolute atomic E-state index is 0.0194. The van der Waals surface area contributed by atoms with Crippen molar-refractivity contribution in [2.24, 2.45) is 0 Å². The van der Waals surface area contributed by atoms with Gasteiger partial charge in [-0.3, -0.25) is 9.59 Å². The second-order valence-electron chi connectivity index (χ2n) is 4.26. The summed E-state index contributed by atoms with van der Waals surface area (Å²) >= 11 is 3.14. The summed E-state index contributed by atoms with van der Waals surface area (Å²) < 4.78 is 0. The van der Waals surface area contributed by atoms with E-state index < -0.39 is 5.97 Å². The van der Waals surface area contributed by atoms with Crippen molar-refractivity contribution in [1.29, 1.82) is 0 Å². The number of carbonyl (C=O) groups is 2. The van der Waals surface area contributed by atoms with Crippen LogP contribution in [-0.4, -0.2) is 46.0 Å². The Hall–Kier alpha value is -1.01. The smallest absolute Gasteiger partial charge is 0.305 e. The molecule has 2 rings (SSSR count). The van der Waals surface area contributed by atoms with Gasteiger partial charge in [-0.25, -0.2) is 0 Å². The van der Waals surface area contributed by atoms with E-state index in [-0.39, 0.29) is 18.4 Å².